The summed E-state index contributed by atoms with van der Waals surface area (Å²) in [5, 5.41) is 9.40. The summed E-state index contributed by atoms with van der Waals surface area (Å²) in [6, 6.07) is 3.61. The van der Waals surface area contributed by atoms with E-state index in [0.29, 0.717) is 34.8 Å². The first-order chi connectivity index (χ1) is 14.4. The van der Waals surface area contributed by atoms with E-state index in [-0.39, 0.29) is 21.2 Å². The Balaban J connectivity index is 1.97. The van der Waals surface area contributed by atoms with Crippen LogP contribution >= 0.6 is 23.1 Å². The molecule has 0 unspecified atom stereocenters. The van der Waals surface area contributed by atoms with Crippen molar-refractivity contribution in [1.82, 2.24) is 14.8 Å². The fourth-order valence-corrected chi connectivity index (χ4v) is 4.92. The van der Waals surface area contributed by atoms with E-state index >= 15 is 0 Å². The number of thioether (sulfide) groups is 1. The van der Waals surface area contributed by atoms with E-state index in [9.17, 15) is 9.59 Å². The van der Waals surface area contributed by atoms with Gasteiger partial charge in [0.05, 0.1) is 26.0 Å². The minimum Gasteiger partial charge on any atom is -0.465 e. The molecule has 2 N–H and O–H groups in total. The van der Waals surface area contributed by atoms with Gasteiger partial charge in [0.25, 0.3) is 0 Å². The van der Waals surface area contributed by atoms with E-state index < -0.39 is 11.9 Å². The van der Waals surface area contributed by atoms with Gasteiger partial charge in [-0.1, -0.05) is 25.6 Å². The Labute approximate surface area is 181 Å². The number of esters is 2. The maximum Gasteiger partial charge on any atom is 0.348 e. The predicted octanol–water partition coefficient (Wildman–Crippen LogP) is 3.70. The van der Waals surface area contributed by atoms with Crippen molar-refractivity contribution >= 4 is 40.0 Å². The van der Waals surface area contributed by atoms with Gasteiger partial charge in [-0.15, -0.1) is 21.5 Å². The van der Waals surface area contributed by atoms with Crippen LogP contribution < -0.4 is 5.73 Å². The van der Waals surface area contributed by atoms with Gasteiger partial charge in [-0.3, -0.25) is 4.57 Å². The first-order valence-corrected chi connectivity index (χ1v) is 10.8. The van der Waals surface area contributed by atoms with Crippen LogP contribution in [0.5, 0.6) is 0 Å². The number of nitrogens with zero attached hydrogens (tertiary/aromatic N) is 3. The minimum absolute atomic E-state index is 0.177. The second-order valence-corrected chi connectivity index (χ2v) is 8.70. The smallest absolute Gasteiger partial charge is 0.348 e. The highest BCUT2D eigenvalue weighted by Gasteiger charge is 2.28. The molecule has 0 aliphatic heterocycles. The van der Waals surface area contributed by atoms with Crippen LogP contribution in [0, 0.1) is 5.92 Å². The third kappa shape index (κ3) is 4.36. The molecule has 11 heteroatoms. The summed E-state index contributed by atoms with van der Waals surface area (Å²) in [4.78, 5) is 24.7. The number of hydrogen-bond acceptors (Lipinski definition) is 10. The van der Waals surface area contributed by atoms with Crippen molar-refractivity contribution in [3.63, 3.8) is 0 Å². The molecule has 9 nitrogen and oxygen atoms in total. The van der Waals surface area contributed by atoms with Gasteiger partial charge in [0.1, 0.15) is 9.88 Å². The average molecular weight is 451 g/mol. The van der Waals surface area contributed by atoms with E-state index in [2.05, 4.69) is 24.0 Å². The molecule has 0 saturated carbocycles. The lowest BCUT2D eigenvalue weighted by atomic mass is 10.1. The first kappa shape index (κ1) is 21.9. The summed E-state index contributed by atoms with van der Waals surface area (Å²) >= 11 is 2.34. The number of furan rings is 1. The second-order valence-electron chi connectivity index (χ2n) is 6.71. The van der Waals surface area contributed by atoms with Crippen LogP contribution in [-0.2, 0) is 21.8 Å². The van der Waals surface area contributed by atoms with Crippen LogP contribution in [0.1, 0.15) is 39.4 Å². The Kier molecular flexibility index (Phi) is 6.83. The molecule has 3 heterocycles. The van der Waals surface area contributed by atoms with Crippen molar-refractivity contribution in [2.24, 2.45) is 5.92 Å². The van der Waals surface area contributed by atoms with Gasteiger partial charge >= 0.3 is 11.9 Å². The molecule has 30 heavy (non-hydrogen) atoms. The normalized spacial score (nSPS) is 11.1. The van der Waals surface area contributed by atoms with Gasteiger partial charge in [-0.05, 0) is 18.1 Å². The van der Waals surface area contributed by atoms with Crippen molar-refractivity contribution in [2.75, 3.05) is 20.0 Å². The third-order valence-electron chi connectivity index (χ3n) is 4.15. The number of methoxy groups -OCH3 is 2. The number of anilines is 1. The van der Waals surface area contributed by atoms with Crippen LogP contribution in [0.3, 0.4) is 0 Å². The Morgan fingerprint density at radius 3 is 2.60 bits per heavy atom. The number of aromatic nitrogens is 3. The summed E-state index contributed by atoms with van der Waals surface area (Å²) in [6.45, 7) is 4.85. The predicted molar refractivity (Wildman–Crippen MR) is 114 cm³/mol. The molecule has 0 aliphatic rings. The van der Waals surface area contributed by atoms with E-state index in [1.807, 2.05) is 10.6 Å². The molecule has 0 aliphatic carbocycles. The molecule has 0 aromatic carbocycles. The van der Waals surface area contributed by atoms with Crippen molar-refractivity contribution in [2.45, 2.75) is 31.3 Å². The Morgan fingerprint density at radius 1 is 1.27 bits per heavy atom. The van der Waals surface area contributed by atoms with E-state index in [0.717, 1.165) is 11.3 Å². The van der Waals surface area contributed by atoms with Crippen molar-refractivity contribution in [3.05, 3.63) is 34.4 Å². The number of rotatable bonds is 8. The standard InChI is InChI=1S/C19H22N4O5S2/c1-10(2)8-23-16(12-6-5-7-28-12)21-22-19(23)29-9-11-13(17(24)26-3)15(20)30-14(11)18(25)27-4/h5-7,10H,8-9,20H2,1-4H3. The van der Waals surface area contributed by atoms with Crippen LogP contribution in [-0.4, -0.2) is 40.9 Å². The zero-order valence-electron chi connectivity index (χ0n) is 17.0. The maximum atomic E-state index is 12.3. The Hall–Kier alpha value is -2.79. The lowest BCUT2D eigenvalue weighted by molar-refractivity contribution is 0.0601. The second kappa shape index (κ2) is 9.35. The van der Waals surface area contributed by atoms with Gasteiger partial charge in [0, 0.05) is 17.9 Å². The molecule has 160 valence electrons. The quantitative estimate of drug-likeness (QED) is 0.404. The number of thiophene rings is 1. The lowest BCUT2D eigenvalue weighted by Crippen LogP contribution is -2.10. The zero-order valence-corrected chi connectivity index (χ0v) is 18.6. The Morgan fingerprint density at radius 2 is 2.00 bits per heavy atom. The Bertz CT molecular complexity index is 1040. The highest BCUT2D eigenvalue weighted by molar-refractivity contribution is 7.98. The summed E-state index contributed by atoms with van der Waals surface area (Å²) in [5.41, 5.74) is 6.63. The number of carbonyl (C=O) groups is 2. The van der Waals surface area contributed by atoms with Gasteiger partial charge in [-0.2, -0.15) is 0 Å². The molecule has 0 radical (unpaired) electrons. The molecule has 3 aromatic heterocycles. The molecule has 3 rings (SSSR count). The fourth-order valence-electron chi connectivity index (χ4n) is 2.86. The average Bonchev–Trinajstić information content (AvgIpc) is 3.44. The summed E-state index contributed by atoms with van der Waals surface area (Å²) < 4.78 is 17.1. The third-order valence-corrected chi connectivity index (χ3v) is 6.18. The first-order valence-electron chi connectivity index (χ1n) is 9.05. The maximum absolute atomic E-state index is 12.3. The van der Waals surface area contributed by atoms with Crippen LogP contribution in [0.15, 0.2) is 28.0 Å². The van der Waals surface area contributed by atoms with Gasteiger partial charge in [-0.25, -0.2) is 9.59 Å². The number of carbonyl (C=O) groups excluding carboxylic acids is 2. The minimum atomic E-state index is -0.602. The molecule has 0 atom stereocenters. The van der Waals surface area contributed by atoms with Crippen molar-refractivity contribution in [1.29, 1.82) is 0 Å². The fraction of sp³-hybridized carbons (Fsp3) is 0.368. The molecule has 3 aromatic rings. The topological polar surface area (TPSA) is 122 Å². The molecule has 0 bridgehead atoms. The molecule has 0 saturated heterocycles. The van der Waals surface area contributed by atoms with Gasteiger partial charge in [0.15, 0.2) is 16.7 Å². The largest absolute Gasteiger partial charge is 0.465 e. The van der Waals surface area contributed by atoms with E-state index in [4.69, 9.17) is 19.6 Å². The molecule has 0 amide bonds. The van der Waals surface area contributed by atoms with E-state index in [1.165, 1.54) is 26.0 Å². The summed E-state index contributed by atoms with van der Waals surface area (Å²) in [5.74, 6) is 0.660. The summed E-state index contributed by atoms with van der Waals surface area (Å²) in [7, 11) is 2.55. The van der Waals surface area contributed by atoms with Crippen LogP contribution in [0.25, 0.3) is 11.6 Å². The SMILES string of the molecule is COC(=O)c1sc(N)c(C(=O)OC)c1CSc1nnc(-c2ccco2)n1CC(C)C. The number of nitrogens with two attached hydrogens (primary N) is 1. The lowest BCUT2D eigenvalue weighted by Gasteiger charge is -2.12. The van der Waals surface area contributed by atoms with Crippen molar-refractivity contribution in [3.8, 4) is 11.6 Å². The summed E-state index contributed by atoms with van der Waals surface area (Å²) in [6.07, 6.45) is 1.58. The van der Waals surface area contributed by atoms with E-state index in [1.54, 1.807) is 12.3 Å². The van der Waals surface area contributed by atoms with Crippen molar-refractivity contribution < 1.29 is 23.5 Å². The number of nitrogen functional groups attached to an aromatic ring is 1. The zero-order chi connectivity index (χ0) is 21.8. The molecule has 0 spiro atoms. The number of hydrogen-bond donors (Lipinski definition) is 1. The monoisotopic (exact) mass is 450 g/mol. The molecule has 0 fully saturated rings. The van der Waals surface area contributed by atoms with Gasteiger partial charge in [0.2, 0.25) is 0 Å². The molecular weight excluding hydrogens is 428 g/mol. The highest BCUT2D eigenvalue weighted by atomic mass is 32.2. The van der Waals surface area contributed by atoms with Crippen LogP contribution in [0.4, 0.5) is 5.00 Å². The van der Waals surface area contributed by atoms with Crippen LogP contribution in [0.2, 0.25) is 0 Å². The van der Waals surface area contributed by atoms with Gasteiger partial charge < -0.3 is 19.6 Å². The number of ether oxygens (including phenoxy) is 2. The molecular formula is C19H22N4O5S2. The highest BCUT2D eigenvalue weighted by Crippen LogP contribution is 2.37.